The van der Waals surface area contributed by atoms with Crippen LogP contribution in [-0.4, -0.2) is 28.1 Å². The molecule has 19 heavy (non-hydrogen) atoms. The molecule has 0 atom stereocenters. The summed E-state index contributed by atoms with van der Waals surface area (Å²) in [5.74, 6) is -0.913. The normalized spacial score (nSPS) is 10.6. The maximum Gasteiger partial charge on any atom is 0.335 e. The molecule has 0 unspecified atom stereocenters. The van der Waals surface area contributed by atoms with E-state index in [-0.39, 0.29) is 11.5 Å². The van der Waals surface area contributed by atoms with E-state index in [0.717, 1.165) is 10.9 Å². The number of aromatic carboxylic acids is 1. The van der Waals surface area contributed by atoms with Gasteiger partial charge in [0.25, 0.3) is 0 Å². The number of hydrogen-bond donors (Lipinski definition) is 2. The number of nitrogens with one attached hydrogen (secondary N) is 1. The van der Waals surface area contributed by atoms with Gasteiger partial charge in [0, 0.05) is 36.6 Å². The summed E-state index contributed by atoms with van der Waals surface area (Å²) >= 11 is 0. The van der Waals surface area contributed by atoms with Crippen molar-refractivity contribution < 1.29 is 14.7 Å². The van der Waals surface area contributed by atoms with Crippen molar-refractivity contribution in [1.29, 1.82) is 0 Å². The molecular weight excluding hydrogens is 244 g/mol. The zero-order valence-corrected chi connectivity index (χ0v) is 10.7. The lowest BCUT2D eigenvalue weighted by Gasteiger charge is -2.06. The number of nitrogens with zero attached hydrogens (tertiary/aromatic N) is 1. The highest BCUT2D eigenvalue weighted by Crippen LogP contribution is 2.18. The Kier molecular flexibility index (Phi) is 3.85. The Morgan fingerprint density at radius 1 is 1.32 bits per heavy atom. The zero-order chi connectivity index (χ0) is 13.8. The molecule has 5 nitrogen and oxygen atoms in total. The van der Waals surface area contributed by atoms with Crippen molar-refractivity contribution in [2.45, 2.75) is 19.9 Å². The molecule has 0 aliphatic carbocycles. The Hall–Kier alpha value is -2.30. The van der Waals surface area contributed by atoms with Gasteiger partial charge in [-0.15, -0.1) is 0 Å². The highest BCUT2D eigenvalue weighted by molar-refractivity contribution is 5.93. The third kappa shape index (κ3) is 2.93. The van der Waals surface area contributed by atoms with Gasteiger partial charge in [0.2, 0.25) is 5.91 Å². The van der Waals surface area contributed by atoms with Crippen LogP contribution in [0.1, 0.15) is 23.7 Å². The second kappa shape index (κ2) is 5.56. The lowest BCUT2D eigenvalue weighted by atomic mass is 10.1. The molecule has 100 valence electrons. The highest BCUT2D eigenvalue weighted by Gasteiger charge is 2.07. The van der Waals surface area contributed by atoms with Gasteiger partial charge < -0.3 is 15.0 Å². The van der Waals surface area contributed by atoms with E-state index >= 15 is 0 Å². The molecule has 2 aromatic rings. The molecule has 0 saturated heterocycles. The number of carboxylic acid groups (broad SMARTS) is 1. The molecule has 0 aliphatic heterocycles. The molecule has 0 bridgehead atoms. The predicted molar refractivity (Wildman–Crippen MR) is 72.2 cm³/mol. The summed E-state index contributed by atoms with van der Waals surface area (Å²) in [6.07, 6.45) is 2.29. The van der Waals surface area contributed by atoms with Crippen LogP contribution in [0, 0.1) is 0 Å². The Balaban J connectivity index is 2.17. The highest BCUT2D eigenvalue weighted by atomic mass is 16.4. The Morgan fingerprint density at radius 3 is 2.79 bits per heavy atom. The topological polar surface area (TPSA) is 71.3 Å². The van der Waals surface area contributed by atoms with Gasteiger partial charge in [-0.2, -0.15) is 0 Å². The third-order valence-electron chi connectivity index (χ3n) is 2.97. The summed E-state index contributed by atoms with van der Waals surface area (Å²) in [4.78, 5) is 22.3. The van der Waals surface area contributed by atoms with Crippen LogP contribution in [-0.2, 0) is 11.3 Å². The average molecular weight is 260 g/mol. The number of carboxylic acids is 1. The van der Waals surface area contributed by atoms with Crippen molar-refractivity contribution in [2.24, 2.45) is 0 Å². The molecular formula is C14H16N2O3. The molecule has 2 N–H and O–H groups in total. The summed E-state index contributed by atoms with van der Waals surface area (Å²) in [6.45, 7) is 3.10. The number of aromatic nitrogens is 1. The van der Waals surface area contributed by atoms with Gasteiger partial charge in [0.1, 0.15) is 0 Å². The minimum Gasteiger partial charge on any atom is -0.478 e. The van der Waals surface area contributed by atoms with Crippen molar-refractivity contribution >= 4 is 22.8 Å². The van der Waals surface area contributed by atoms with Gasteiger partial charge >= 0.3 is 5.97 Å². The summed E-state index contributed by atoms with van der Waals surface area (Å²) in [5, 5.41) is 12.5. The fourth-order valence-electron chi connectivity index (χ4n) is 2.04. The van der Waals surface area contributed by atoms with Gasteiger partial charge in [-0.3, -0.25) is 4.79 Å². The van der Waals surface area contributed by atoms with Crippen LogP contribution in [0.15, 0.2) is 30.5 Å². The maximum absolute atomic E-state index is 11.4. The zero-order valence-electron chi connectivity index (χ0n) is 10.7. The summed E-state index contributed by atoms with van der Waals surface area (Å²) in [7, 11) is 0. The SMILES string of the molecule is CCNC(=O)CCn1ccc2cc(C(=O)O)ccc21. The van der Waals surface area contributed by atoms with Crippen molar-refractivity contribution in [2.75, 3.05) is 6.54 Å². The van der Waals surface area contributed by atoms with E-state index in [4.69, 9.17) is 5.11 Å². The van der Waals surface area contributed by atoms with Crippen LogP contribution in [0.25, 0.3) is 10.9 Å². The van der Waals surface area contributed by atoms with Crippen LogP contribution in [0.4, 0.5) is 0 Å². The van der Waals surface area contributed by atoms with E-state index in [2.05, 4.69) is 5.32 Å². The van der Waals surface area contributed by atoms with E-state index in [0.29, 0.717) is 19.5 Å². The fraction of sp³-hybridized carbons (Fsp3) is 0.286. The first-order valence-corrected chi connectivity index (χ1v) is 6.20. The average Bonchev–Trinajstić information content (AvgIpc) is 2.79. The van der Waals surface area contributed by atoms with Crippen molar-refractivity contribution in [3.8, 4) is 0 Å². The van der Waals surface area contributed by atoms with E-state index in [1.54, 1.807) is 18.2 Å². The Morgan fingerprint density at radius 2 is 2.11 bits per heavy atom. The molecule has 0 spiro atoms. The van der Waals surface area contributed by atoms with Gasteiger partial charge in [-0.05, 0) is 31.2 Å². The first-order chi connectivity index (χ1) is 9.11. The molecule has 0 fully saturated rings. The molecule has 0 aliphatic rings. The van der Waals surface area contributed by atoms with Crippen LogP contribution in [0.3, 0.4) is 0 Å². The van der Waals surface area contributed by atoms with Gasteiger partial charge in [-0.25, -0.2) is 4.79 Å². The summed E-state index contributed by atoms with van der Waals surface area (Å²) in [6, 6.07) is 6.85. The minimum atomic E-state index is -0.933. The third-order valence-corrected chi connectivity index (χ3v) is 2.97. The molecule has 0 saturated carbocycles. The molecule has 1 aromatic heterocycles. The maximum atomic E-state index is 11.4. The van der Waals surface area contributed by atoms with Gasteiger partial charge in [0.05, 0.1) is 5.56 Å². The number of carbonyl (C=O) groups excluding carboxylic acids is 1. The molecule has 0 radical (unpaired) electrons. The van der Waals surface area contributed by atoms with E-state index in [1.165, 1.54) is 0 Å². The Bertz CT molecular complexity index is 616. The van der Waals surface area contributed by atoms with Crippen molar-refractivity contribution in [3.05, 3.63) is 36.0 Å². The predicted octanol–water partition coefficient (Wildman–Crippen LogP) is 1.87. The lowest BCUT2D eigenvalue weighted by Crippen LogP contribution is -2.23. The Labute approximate surface area is 110 Å². The fourth-order valence-corrected chi connectivity index (χ4v) is 2.04. The molecule has 1 heterocycles. The number of carbonyl (C=O) groups is 2. The quantitative estimate of drug-likeness (QED) is 0.862. The number of amides is 1. The van der Waals surface area contributed by atoms with E-state index in [1.807, 2.05) is 23.8 Å². The second-order valence-electron chi connectivity index (χ2n) is 4.29. The van der Waals surface area contributed by atoms with E-state index < -0.39 is 5.97 Å². The number of benzene rings is 1. The minimum absolute atomic E-state index is 0.0199. The van der Waals surface area contributed by atoms with Gasteiger partial charge in [0.15, 0.2) is 0 Å². The number of aryl methyl sites for hydroxylation is 1. The van der Waals surface area contributed by atoms with Crippen LogP contribution >= 0.6 is 0 Å². The standard InChI is InChI=1S/C14H16N2O3/c1-2-15-13(17)6-8-16-7-5-10-9-11(14(18)19)3-4-12(10)16/h3-5,7,9H,2,6,8H2,1H3,(H,15,17)(H,18,19). The van der Waals surface area contributed by atoms with Gasteiger partial charge in [-0.1, -0.05) is 0 Å². The number of fused-ring (bicyclic) bond motifs is 1. The van der Waals surface area contributed by atoms with Crippen LogP contribution in [0.5, 0.6) is 0 Å². The molecule has 1 amide bonds. The molecule has 1 aromatic carbocycles. The van der Waals surface area contributed by atoms with E-state index in [9.17, 15) is 9.59 Å². The largest absolute Gasteiger partial charge is 0.478 e. The van der Waals surface area contributed by atoms with Crippen LogP contribution < -0.4 is 5.32 Å². The number of hydrogen-bond acceptors (Lipinski definition) is 2. The monoisotopic (exact) mass is 260 g/mol. The van der Waals surface area contributed by atoms with Crippen LogP contribution in [0.2, 0.25) is 0 Å². The van der Waals surface area contributed by atoms with Crippen molar-refractivity contribution in [1.82, 2.24) is 9.88 Å². The number of rotatable bonds is 5. The molecule has 5 heteroatoms. The van der Waals surface area contributed by atoms with Crippen molar-refractivity contribution in [3.63, 3.8) is 0 Å². The second-order valence-corrected chi connectivity index (χ2v) is 4.29. The first-order valence-electron chi connectivity index (χ1n) is 6.20. The summed E-state index contributed by atoms with van der Waals surface area (Å²) < 4.78 is 1.95. The smallest absolute Gasteiger partial charge is 0.335 e. The molecule has 2 rings (SSSR count). The first kappa shape index (κ1) is 13.1. The lowest BCUT2D eigenvalue weighted by molar-refractivity contribution is -0.121. The summed E-state index contributed by atoms with van der Waals surface area (Å²) in [5.41, 5.74) is 1.21.